The molecule has 4 atom stereocenters. The topological polar surface area (TPSA) is 133 Å². The van der Waals surface area contributed by atoms with Crippen LogP contribution in [0, 0.1) is 5.92 Å². The van der Waals surface area contributed by atoms with Gasteiger partial charge in [-0.25, -0.2) is 0 Å². The summed E-state index contributed by atoms with van der Waals surface area (Å²) in [6.45, 7) is 3.42. The van der Waals surface area contributed by atoms with Gasteiger partial charge in [0.1, 0.15) is 12.1 Å². The Bertz CT molecular complexity index is 269. The van der Waals surface area contributed by atoms with E-state index in [9.17, 15) is 14.7 Å². The summed E-state index contributed by atoms with van der Waals surface area (Å²) in [6, 6.07) is -2.01. The Morgan fingerprint density at radius 3 is 2.12 bits per heavy atom. The highest BCUT2D eigenvalue weighted by molar-refractivity contribution is 5.74. The molecule has 0 spiro atoms. The Morgan fingerprint density at radius 1 is 1.24 bits per heavy atom. The quantitative estimate of drug-likeness (QED) is 0.366. The molecule has 0 radical (unpaired) electrons. The van der Waals surface area contributed by atoms with Crippen LogP contribution >= 0.6 is 0 Å². The number of aliphatic carboxylic acids is 2. The van der Waals surface area contributed by atoms with Gasteiger partial charge in [-0.3, -0.25) is 9.59 Å². The average molecular weight is 248 g/mol. The average Bonchev–Trinajstić information content (AvgIpc) is 2.16. The summed E-state index contributed by atoms with van der Waals surface area (Å²) in [5.41, 5.74) is 5.35. The molecule has 0 aromatic heterocycles. The second kappa shape index (κ2) is 7.21. The number of nitrogens with two attached hydrogens (primary N) is 1. The van der Waals surface area contributed by atoms with E-state index in [4.69, 9.17) is 15.9 Å². The first kappa shape index (κ1) is 15.8. The molecule has 0 aromatic carbocycles. The van der Waals surface area contributed by atoms with E-state index in [2.05, 4.69) is 5.32 Å². The minimum atomic E-state index is -1.14. The Labute approximate surface area is 99.6 Å². The number of nitrogens with one attached hydrogen (secondary N) is 1. The molecular weight excluding hydrogens is 228 g/mol. The lowest BCUT2D eigenvalue weighted by Crippen LogP contribution is -2.47. The van der Waals surface area contributed by atoms with Gasteiger partial charge in [-0.15, -0.1) is 0 Å². The second-order valence-electron chi connectivity index (χ2n) is 4.25. The lowest BCUT2D eigenvalue weighted by Gasteiger charge is -2.20. The van der Waals surface area contributed by atoms with Gasteiger partial charge in [-0.2, -0.15) is 0 Å². The van der Waals surface area contributed by atoms with Gasteiger partial charge >= 0.3 is 11.9 Å². The van der Waals surface area contributed by atoms with Gasteiger partial charge in [0.05, 0.1) is 6.10 Å². The Balaban J connectivity index is 4.09. The highest BCUT2D eigenvalue weighted by Gasteiger charge is 2.23. The summed E-state index contributed by atoms with van der Waals surface area (Å²) in [7, 11) is 0. The fourth-order valence-electron chi connectivity index (χ4n) is 1.41. The summed E-state index contributed by atoms with van der Waals surface area (Å²) in [5, 5.41) is 29.3. The van der Waals surface area contributed by atoms with Gasteiger partial charge in [0.2, 0.25) is 0 Å². The lowest BCUT2D eigenvalue weighted by atomic mass is 10.0. The number of hydrogen-bond donors (Lipinski definition) is 5. The van der Waals surface area contributed by atoms with Crippen LogP contribution in [-0.2, 0) is 9.59 Å². The van der Waals surface area contributed by atoms with Crippen LogP contribution in [0.3, 0.4) is 0 Å². The first-order chi connectivity index (χ1) is 7.75. The number of carboxylic acid groups (broad SMARTS) is 2. The van der Waals surface area contributed by atoms with Crippen molar-refractivity contribution in [3.05, 3.63) is 0 Å². The maximum absolute atomic E-state index is 10.7. The van der Waals surface area contributed by atoms with Gasteiger partial charge in [0.25, 0.3) is 0 Å². The first-order valence-corrected chi connectivity index (χ1v) is 5.38. The van der Waals surface area contributed by atoms with Crippen molar-refractivity contribution in [3.63, 3.8) is 0 Å². The van der Waals surface area contributed by atoms with E-state index in [-0.39, 0.29) is 18.9 Å². The number of aliphatic hydroxyl groups excluding tert-OH is 1. The van der Waals surface area contributed by atoms with Crippen molar-refractivity contribution in [2.45, 2.75) is 38.5 Å². The van der Waals surface area contributed by atoms with Crippen molar-refractivity contribution < 1.29 is 24.9 Å². The molecule has 0 amide bonds. The molecule has 0 aliphatic carbocycles. The first-order valence-electron chi connectivity index (χ1n) is 5.38. The number of carboxylic acids is 2. The van der Waals surface area contributed by atoms with Crippen LogP contribution < -0.4 is 11.1 Å². The highest BCUT2D eigenvalue weighted by atomic mass is 16.4. The standard InChI is InChI=1S/C10H20N2O5/c1-5(3-7(11)9(14)15)4-12-8(6(2)13)10(16)17/h5-8,12-13H,3-4,11H2,1-2H3,(H,14,15)(H,16,17)/t5?,6-,7+,8+/m1/s1. The molecule has 0 rings (SSSR count). The highest BCUT2D eigenvalue weighted by Crippen LogP contribution is 2.05. The molecule has 1 unspecified atom stereocenters. The third kappa shape index (κ3) is 6.20. The van der Waals surface area contributed by atoms with Crippen molar-refractivity contribution in [1.82, 2.24) is 5.32 Å². The molecule has 0 aromatic rings. The van der Waals surface area contributed by atoms with Crippen molar-refractivity contribution in [2.75, 3.05) is 6.54 Å². The Hall–Kier alpha value is -1.18. The van der Waals surface area contributed by atoms with E-state index < -0.39 is 30.1 Å². The predicted molar refractivity (Wildman–Crippen MR) is 60.5 cm³/mol. The minimum Gasteiger partial charge on any atom is -0.480 e. The molecular formula is C10H20N2O5. The molecule has 0 saturated heterocycles. The molecule has 7 nitrogen and oxygen atoms in total. The fraction of sp³-hybridized carbons (Fsp3) is 0.800. The zero-order valence-corrected chi connectivity index (χ0v) is 9.96. The third-order valence-electron chi connectivity index (χ3n) is 2.41. The zero-order chi connectivity index (χ0) is 13.6. The van der Waals surface area contributed by atoms with E-state index in [1.807, 2.05) is 0 Å². The van der Waals surface area contributed by atoms with Crippen molar-refractivity contribution in [3.8, 4) is 0 Å². The molecule has 0 bridgehead atoms. The molecule has 0 heterocycles. The van der Waals surface area contributed by atoms with Crippen LogP contribution in [0.4, 0.5) is 0 Å². The molecule has 17 heavy (non-hydrogen) atoms. The number of carbonyl (C=O) groups is 2. The van der Waals surface area contributed by atoms with Crippen LogP contribution in [-0.4, -0.2) is 52.0 Å². The summed E-state index contributed by atoms with van der Waals surface area (Å²) in [4.78, 5) is 21.3. The summed E-state index contributed by atoms with van der Waals surface area (Å²) < 4.78 is 0. The maximum Gasteiger partial charge on any atom is 0.323 e. The van der Waals surface area contributed by atoms with Crippen LogP contribution in [0.2, 0.25) is 0 Å². The largest absolute Gasteiger partial charge is 0.480 e. The van der Waals surface area contributed by atoms with Crippen LogP contribution in [0.5, 0.6) is 0 Å². The lowest BCUT2D eigenvalue weighted by molar-refractivity contribution is -0.142. The third-order valence-corrected chi connectivity index (χ3v) is 2.41. The van der Waals surface area contributed by atoms with Gasteiger partial charge in [0, 0.05) is 0 Å². The smallest absolute Gasteiger partial charge is 0.323 e. The van der Waals surface area contributed by atoms with E-state index in [0.717, 1.165) is 0 Å². The van der Waals surface area contributed by atoms with Crippen LogP contribution in [0.25, 0.3) is 0 Å². The van der Waals surface area contributed by atoms with Gasteiger partial charge in [0.15, 0.2) is 0 Å². The molecule has 0 fully saturated rings. The summed E-state index contributed by atoms with van der Waals surface area (Å²) in [5.74, 6) is -2.32. The van der Waals surface area contributed by atoms with E-state index in [0.29, 0.717) is 0 Å². The van der Waals surface area contributed by atoms with E-state index in [1.165, 1.54) is 6.92 Å². The molecule has 0 aliphatic rings. The zero-order valence-electron chi connectivity index (χ0n) is 9.96. The Morgan fingerprint density at radius 2 is 1.76 bits per heavy atom. The minimum absolute atomic E-state index is 0.0956. The molecule has 7 heteroatoms. The van der Waals surface area contributed by atoms with E-state index in [1.54, 1.807) is 6.92 Å². The van der Waals surface area contributed by atoms with Crippen LogP contribution in [0.15, 0.2) is 0 Å². The van der Waals surface area contributed by atoms with Gasteiger partial charge < -0.3 is 26.4 Å². The van der Waals surface area contributed by atoms with Crippen molar-refractivity contribution >= 4 is 11.9 Å². The normalized spacial score (nSPS) is 18.1. The molecule has 0 saturated carbocycles. The Kier molecular flexibility index (Phi) is 6.71. The molecule has 100 valence electrons. The fourth-order valence-corrected chi connectivity index (χ4v) is 1.41. The maximum atomic E-state index is 10.7. The second-order valence-corrected chi connectivity index (χ2v) is 4.25. The van der Waals surface area contributed by atoms with Crippen molar-refractivity contribution in [2.24, 2.45) is 11.7 Å². The molecule has 0 aliphatic heterocycles. The SMILES string of the molecule is CC(CN[C@H](C(=O)O)[C@@H](C)O)C[C@H](N)C(=O)O. The summed E-state index contributed by atoms with van der Waals surface area (Å²) >= 11 is 0. The van der Waals surface area contributed by atoms with E-state index >= 15 is 0 Å². The number of rotatable bonds is 8. The number of aliphatic hydroxyl groups is 1. The van der Waals surface area contributed by atoms with Gasteiger partial charge in [-0.1, -0.05) is 6.92 Å². The predicted octanol–water partition coefficient (Wildman–Crippen LogP) is -1.15. The summed E-state index contributed by atoms with van der Waals surface area (Å²) in [6.07, 6.45) is -0.776. The van der Waals surface area contributed by atoms with Gasteiger partial charge in [-0.05, 0) is 25.8 Å². The monoisotopic (exact) mass is 248 g/mol. The van der Waals surface area contributed by atoms with Crippen molar-refractivity contribution in [1.29, 1.82) is 0 Å². The number of hydrogen-bond acceptors (Lipinski definition) is 5. The van der Waals surface area contributed by atoms with Crippen LogP contribution in [0.1, 0.15) is 20.3 Å². The molecule has 6 N–H and O–H groups in total.